The number of likely N-dealkylation sites (tertiary alicyclic amines) is 1. The van der Waals surface area contributed by atoms with Gasteiger partial charge in [-0.2, -0.15) is 0 Å². The highest BCUT2D eigenvalue weighted by molar-refractivity contribution is 5.67. The van der Waals surface area contributed by atoms with Gasteiger partial charge in [0.1, 0.15) is 11.6 Å². The van der Waals surface area contributed by atoms with E-state index in [4.69, 9.17) is 0 Å². The summed E-state index contributed by atoms with van der Waals surface area (Å²) in [7, 11) is 0. The highest BCUT2D eigenvalue weighted by Crippen LogP contribution is 2.40. The van der Waals surface area contributed by atoms with Crippen LogP contribution in [0.4, 0.5) is 13.6 Å². The molecule has 1 heterocycles. The molecule has 1 aromatic carbocycles. The summed E-state index contributed by atoms with van der Waals surface area (Å²) in [5.74, 6) is -1.48. The van der Waals surface area contributed by atoms with Crippen molar-refractivity contribution >= 4 is 6.09 Å². The second-order valence-corrected chi connectivity index (χ2v) is 5.66. The van der Waals surface area contributed by atoms with Gasteiger partial charge < -0.3 is 10.2 Å². The maximum absolute atomic E-state index is 13.3. The molecule has 1 aliphatic rings. The Bertz CT molecular complexity index is 507. The average molecular weight is 285 g/mol. The summed E-state index contributed by atoms with van der Waals surface area (Å²) in [6.07, 6.45) is -0.341. The second-order valence-electron chi connectivity index (χ2n) is 5.66. The molecule has 1 saturated heterocycles. The summed E-state index contributed by atoms with van der Waals surface area (Å²) in [5, 5.41) is 19.4. The van der Waals surface area contributed by atoms with E-state index in [0.717, 1.165) is 23.1 Å². The van der Waals surface area contributed by atoms with Crippen LogP contribution in [0.5, 0.6) is 0 Å². The third-order valence-electron chi connectivity index (χ3n) is 3.69. The van der Waals surface area contributed by atoms with Gasteiger partial charge in [0.15, 0.2) is 0 Å². The Morgan fingerprint density at radius 1 is 1.25 bits per heavy atom. The molecule has 0 aliphatic carbocycles. The standard InChI is InChI=1S/C14H17F2NO3/c1-14(2,20)12-4-3-11(17(12)13(18)19)8-5-9(15)7-10(16)6-8/h5-7,11-12,20H,3-4H2,1-2H3,(H,18,19)/t11-,12+/m0/s1. The van der Waals surface area contributed by atoms with Crippen LogP contribution in [0.3, 0.4) is 0 Å². The van der Waals surface area contributed by atoms with E-state index < -0.39 is 35.4 Å². The minimum atomic E-state index is -1.21. The number of carbonyl (C=O) groups is 1. The first kappa shape index (κ1) is 14.7. The van der Waals surface area contributed by atoms with Crippen molar-refractivity contribution in [3.05, 3.63) is 35.4 Å². The summed E-state index contributed by atoms with van der Waals surface area (Å²) < 4.78 is 26.6. The van der Waals surface area contributed by atoms with Crippen LogP contribution < -0.4 is 0 Å². The minimum Gasteiger partial charge on any atom is -0.465 e. The third-order valence-corrected chi connectivity index (χ3v) is 3.69. The van der Waals surface area contributed by atoms with Crippen LogP contribution in [0, 0.1) is 11.6 Å². The smallest absolute Gasteiger partial charge is 0.408 e. The van der Waals surface area contributed by atoms with Crippen LogP contribution in [0.15, 0.2) is 18.2 Å². The lowest BCUT2D eigenvalue weighted by Crippen LogP contribution is -2.48. The van der Waals surface area contributed by atoms with Crippen molar-refractivity contribution in [2.45, 2.75) is 44.4 Å². The third kappa shape index (κ3) is 2.75. The van der Waals surface area contributed by atoms with Gasteiger partial charge in [-0.1, -0.05) is 0 Å². The Morgan fingerprint density at radius 3 is 2.25 bits per heavy atom. The number of hydrogen-bond donors (Lipinski definition) is 2. The molecule has 2 N–H and O–H groups in total. The lowest BCUT2D eigenvalue weighted by Gasteiger charge is -2.35. The van der Waals surface area contributed by atoms with E-state index in [9.17, 15) is 23.8 Å². The summed E-state index contributed by atoms with van der Waals surface area (Å²) in [5.41, 5.74) is -0.935. The predicted octanol–water partition coefficient (Wildman–Crippen LogP) is 2.92. The highest BCUT2D eigenvalue weighted by Gasteiger charge is 2.44. The van der Waals surface area contributed by atoms with Crippen LogP contribution >= 0.6 is 0 Å². The maximum atomic E-state index is 13.3. The van der Waals surface area contributed by atoms with E-state index in [-0.39, 0.29) is 5.56 Å². The zero-order chi connectivity index (χ0) is 15.1. The van der Waals surface area contributed by atoms with E-state index in [1.807, 2.05) is 0 Å². The molecule has 4 nitrogen and oxygen atoms in total. The quantitative estimate of drug-likeness (QED) is 0.878. The first-order valence-corrected chi connectivity index (χ1v) is 6.40. The van der Waals surface area contributed by atoms with Crippen LogP contribution in [0.25, 0.3) is 0 Å². The van der Waals surface area contributed by atoms with E-state index in [1.165, 1.54) is 13.8 Å². The number of hydrogen-bond acceptors (Lipinski definition) is 2. The molecule has 0 bridgehead atoms. The largest absolute Gasteiger partial charge is 0.465 e. The van der Waals surface area contributed by atoms with Crippen LogP contribution in [-0.2, 0) is 0 Å². The lowest BCUT2D eigenvalue weighted by atomic mass is 9.97. The summed E-state index contributed by atoms with van der Waals surface area (Å²) >= 11 is 0. The zero-order valence-corrected chi connectivity index (χ0v) is 11.3. The van der Waals surface area contributed by atoms with Gasteiger partial charge in [0.2, 0.25) is 0 Å². The fourth-order valence-corrected chi connectivity index (χ4v) is 2.87. The Hall–Kier alpha value is -1.69. The number of rotatable bonds is 2. The van der Waals surface area contributed by atoms with Gasteiger partial charge in [-0.15, -0.1) is 0 Å². The molecule has 110 valence electrons. The fourth-order valence-electron chi connectivity index (χ4n) is 2.87. The van der Waals surface area contributed by atoms with Crippen molar-refractivity contribution in [3.8, 4) is 0 Å². The van der Waals surface area contributed by atoms with Gasteiger partial charge in [0, 0.05) is 6.07 Å². The second kappa shape index (κ2) is 5.01. The molecule has 20 heavy (non-hydrogen) atoms. The zero-order valence-electron chi connectivity index (χ0n) is 11.3. The molecular formula is C14H17F2NO3. The van der Waals surface area contributed by atoms with Gasteiger partial charge in [-0.3, -0.25) is 4.90 Å². The molecular weight excluding hydrogens is 268 g/mol. The Morgan fingerprint density at radius 2 is 1.80 bits per heavy atom. The van der Waals surface area contributed by atoms with Crippen molar-refractivity contribution in [2.75, 3.05) is 0 Å². The summed E-state index contributed by atoms with van der Waals surface area (Å²) in [4.78, 5) is 12.5. The normalized spacial score (nSPS) is 23.1. The predicted molar refractivity (Wildman–Crippen MR) is 68.3 cm³/mol. The van der Waals surface area contributed by atoms with Crippen molar-refractivity contribution in [1.29, 1.82) is 0 Å². The fraction of sp³-hybridized carbons (Fsp3) is 0.500. The molecule has 6 heteroatoms. The molecule has 0 saturated carbocycles. The van der Waals surface area contributed by atoms with Crippen molar-refractivity contribution in [3.63, 3.8) is 0 Å². The van der Waals surface area contributed by atoms with Crippen molar-refractivity contribution in [1.82, 2.24) is 4.90 Å². The van der Waals surface area contributed by atoms with E-state index in [0.29, 0.717) is 12.8 Å². The lowest BCUT2D eigenvalue weighted by molar-refractivity contribution is -0.00677. The van der Waals surface area contributed by atoms with Gasteiger partial charge in [-0.05, 0) is 44.4 Å². The average Bonchev–Trinajstić information content (AvgIpc) is 2.71. The monoisotopic (exact) mass is 285 g/mol. The maximum Gasteiger partial charge on any atom is 0.408 e. The molecule has 2 rings (SSSR count). The van der Waals surface area contributed by atoms with Gasteiger partial charge >= 0.3 is 6.09 Å². The molecule has 0 aromatic heterocycles. The SMILES string of the molecule is CC(C)(O)[C@H]1CC[C@@H](c2cc(F)cc(F)c2)N1C(=O)O. The van der Waals surface area contributed by atoms with Gasteiger partial charge in [-0.25, -0.2) is 13.6 Å². The number of benzene rings is 1. The summed E-state index contributed by atoms with van der Waals surface area (Å²) in [6, 6.07) is 1.77. The topological polar surface area (TPSA) is 60.8 Å². The number of nitrogens with zero attached hydrogens (tertiary/aromatic N) is 1. The molecule has 1 fully saturated rings. The first-order valence-electron chi connectivity index (χ1n) is 6.40. The Kier molecular flexibility index (Phi) is 3.69. The van der Waals surface area contributed by atoms with Crippen LogP contribution in [0.2, 0.25) is 0 Å². The highest BCUT2D eigenvalue weighted by atomic mass is 19.1. The van der Waals surface area contributed by atoms with Crippen LogP contribution in [-0.4, -0.2) is 32.8 Å². The molecule has 0 spiro atoms. The molecule has 1 aromatic rings. The number of halogens is 2. The summed E-state index contributed by atoms with van der Waals surface area (Å²) in [6.45, 7) is 3.06. The van der Waals surface area contributed by atoms with E-state index in [1.54, 1.807) is 0 Å². The van der Waals surface area contributed by atoms with E-state index >= 15 is 0 Å². The van der Waals surface area contributed by atoms with Crippen molar-refractivity contribution in [2.24, 2.45) is 0 Å². The van der Waals surface area contributed by atoms with Gasteiger partial charge in [0.25, 0.3) is 0 Å². The number of amides is 1. The molecule has 2 atom stereocenters. The van der Waals surface area contributed by atoms with Crippen LogP contribution in [0.1, 0.15) is 38.3 Å². The number of carboxylic acid groups (broad SMARTS) is 1. The molecule has 1 amide bonds. The van der Waals surface area contributed by atoms with Crippen molar-refractivity contribution < 1.29 is 23.8 Å². The van der Waals surface area contributed by atoms with E-state index in [2.05, 4.69) is 0 Å². The number of aliphatic hydroxyl groups is 1. The Labute approximate surface area is 115 Å². The minimum absolute atomic E-state index is 0.275. The molecule has 1 aliphatic heterocycles. The molecule has 0 unspecified atom stereocenters. The molecule has 0 radical (unpaired) electrons. The first-order chi connectivity index (χ1) is 9.20. The van der Waals surface area contributed by atoms with Gasteiger partial charge in [0.05, 0.1) is 17.7 Å². The Balaban J connectivity index is 2.39.